The summed E-state index contributed by atoms with van der Waals surface area (Å²) in [5.74, 6) is 1.57. The lowest BCUT2D eigenvalue weighted by atomic mass is 9.85. The highest BCUT2D eigenvalue weighted by Gasteiger charge is 2.25. The van der Waals surface area contributed by atoms with Crippen LogP contribution in [-0.2, 0) is 5.54 Å². The van der Waals surface area contributed by atoms with Gasteiger partial charge in [-0.25, -0.2) is 0 Å². The van der Waals surface area contributed by atoms with Gasteiger partial charge in [-0.2, -0.15) is 0 Å². The molecule has 1 aliphatic rings. The van der Waals surface area contributed by atoms with Gasteiger partial charge in [0.15, 0.2) is 11.5 Å². The van der Waals surface area contributed by atoms with Crippen LogP contribution in [0.3, 0.4) is 0 Å². The average molecular weight is 269 g/mol. The molecule has 2 aromatic carbocycles. The van der Waals surface area contributed by atoms with Gasteiger partial charge in [-0.3, -0.25) is 0 Å². The summed E-state index contributed by atoms with van der Waals surface area (Å²) < 4.78 is 11.2. The van der Waals surface area contributed by atoms with Gasteiger partial charge in [-0.1, -0.05) is 35.9 Å². The van der Waals surface area contributed by atoms with E-state index >= 15 is 0 Å². The molecule has 1 aliphatic heterocycles. The topological polar surface area (TPSA) is 44.5 Å². The minimum absolute atomic E-state index is 0.552. The number of benzene rings is 2. The predicted molar refractivity (Wildman–Crippen MR) is 79.3 cm³/mol. The van der Waals surface area contributed by atoms with E-state index in [0.717, 1.165) is 22.6 Å². The fourth-order valence-corrected chi connectivity index (χ4v) is 2.43. The van der Waals surface area contributed by atoms with E-state index in [1.807, 2.05) is 25.1 Å². The van der Waals surface area contributed by atoms with E-state index in [-0.39, 0.29) is 0 Å². The van der Waals surface area contributed by atoms with Crippen LogP contribution in [0.5, 0.6) is 11.5 Å². The number of hydrogen-bond acceptors (Lipinski definition) is 3. The Bertz CT molecular complexity index is 617. The van der Waals surface area contributed by atoms with Crippen molar-refractivity contribution >= 4 is 0 Å². The summed E-state index contributed by atoms with van der Waals surface area (Å²) in [5, 5.41) is 0. The predicted octanol–water partition coefficient (Wildman–Crippen LogP) is 2.99. The van der Waals surface area contributed by atoms with Gasteiger partial charge < -0.3 is 15.2 Å². The van der Waals surface area contributed by atoms with E-state index in [0.29, 0.717) is 13.2 Å². The molecule has 3 heteroatoms. The minimum Gasteiger partial charge on any atom is -0.486 e. The van der Waals surface area contributed by atoms with Crippen LogP contribution in [0.4, 0.5) is 0 Å². The van der Waals surface area contributed by atoms with E-state index < -0.39 is 5.54 Å². The number of rotatable bonds is 2. The zero-order chi connectivity index (χ0) is 14.2. The van der Waals surface area contributed by atoms with Crippen LogP contribution in [0.25, 0.3) is 0 Å². The lowest BCUT2D eigenvalue weighted by Gasteiger charge is -2.28. The third-order valence-electron chi connectivity index (χ3n) is 3.79. The Morgan fingerprint density at radius 1 is 0.900 bits per heavy atom. The number of aryl methyl sites for hydroxylation is 1. The Morgan fingerprint density at radius 2 is 1.50 bits per heavy atom. The second kappa shape index (κ2) is 4.84. The summed E-state index contributed by atoms with van der Waals surface area (Å²) in [7, 11) is 0. The number of fused-ring (bicyclic) bond motifs is 1. The number of nitrogens with two attached hydrogens (primary N) is 1. The molecular weight excluding hydrogens is 250 g/mol. The average Bonchev–Trinajstić information content (AvgIpc) is 2.47. The first-order valence-corrected chi connectivity index (χ1v) is 6.83. The summed E-state index contributed by atoms with van der Waals surface area (Å²) in [6.07, 6.45) is 0. The molecule has 0 bridgehead atoms. The first-order valence-electron chi connectivity index (χ1n) is 6.83. The largest absolute Gasteiger partial charge is 0.486 e. The first kappa shape index (κ1) is 13.0. The van der Waals surface area contributed by atoms with Gasteiger partial charge in [0.1, 0.15) is 13.2 Å². The molecule has 0 saturated heterocycles. The third-order valence-corrected chi connectivity index (χ3v) is 3.79. The highest BCUT2D eigenvalue weighted by atomic mass is 16.6. The molecule has 0 fully saturated rings. The molecular formula is C17H19NO2. The van der Waals surface area contributed by atoms with Crippen molar-refractivity contribution in [2.24, 2.45) is 5.73 Å². The van der Waals surface area contributed by atoms with Crippen molar-refractivity contribution in [1.29, 1.82) is 0 Å². The lowest BCUT2D eigenvalue weighted by molar-refractivity contribution is 0.171. The molecule has 20 heavy (non-hydrogen) atoms. The van der Waals surface area contributed by atoms with Crippen LogP contribution in [-0.4, -0.2) is 13.2 Å². The summed E-state index contributed by atoms with van der Waals surface area (Å²) in [5.41, 5.74) is 9.32. The highest BCUT2D eigenvalue weighted by molar-refractivity contribution is 5.48. The van der Waals surface area contributed by atoms with Gasteiger partial charge in [-0.15, -0.1) is 0 Å². The molecule has 3 rings (SSSR count). The molecule has 0 aliphatic carbocycles. The molecule has 1 heterocycles. The summed E-state index contributed by atoms with van der Waals surface area (Å²) in [6, 6.07) is 14.2. The van der Waals surface area contributed by atoms with Gasteiger partial charge in [0, 0.05) is 0 Å². The maximum atomic E-state index is 6.55. The molecule has 2 aromatic rings. The Morgan fingerprint density at radius 3 is 2.20 bits per heavy atom. The number of hydrogen-bond donors (Lipinski definition) is 1. The van der Waals surface area contributed by atoms with Crippen LogP contribution in [0.15, 0.2) is 42.5 Å². The van der Waals surface area contributed by atoms with Crippen molar-refractivity contribution in [3.8, 4) is 11.5 Å². The first-order chi connectivity index (χ1) is 9.57. The van der Waals surface area contributed by atoms with Crippen LogP contribution in [0.2, 0.25) is 0 Å². The standard InChI is InChI=1S/C17H19NO2/c1-12-3-5-13(6-4-12)17(2,18)14-7-8-15-16(11-14)20-10-9-19-15/h3-8,11H,9-10,18H2,1-2H3. The Labute approximate surface area is 119 Å². The van der Waals surface area contributed by atoms with Crippen LogP contribution < -0.4 is 15.2 Å². The maximum Gasteiger partial charge on any atom is 0.161 e. The molecule has 0 spiro atoms. The van der Waals surface area contributed by atoms with Crippen LogP contribution in [0, 0.1) is 6.92 Å². The monoisotopic (exact) mass is 269 g/mol. The molecule has 0 aromatic heterocycles. The second-order valence-electron chi connectivity index (χ2n) is 5.43. The van der Waals surface area contributed by atoms with Crippen LogP contribution in [0.1, 0.15) is 23.6 Å². The summed E-state index contributed by atoms with van der Waals surface area (Å²) >= 11 is 0. The molecule has 3 nitrogen and oxygen atoms in total. The van der Waals surface area contributed by atoms with Crippen molar-refractivity contribution in [2.75, 3.05) is 13.2 Å². The van der Waals surface area contributed by atoms with Gasteiger partial charge in [-0.05, 0) is 37.1 Å². The zero-order valence-electron chi connectivity index (χ0n) is 11.8. The SMILES string of the molecule is Cc1ccc(C(C)(N)c2ccc3c(c2)OCCO3)cc1. The maximum absolute atomic E-state index is 6.55. The Hall–Kier alpha value is -2.00. The van der Waals surface area contributed by atoms with E-state index in [9.17, 15) is 0 Å². The van der Waals surface area contributed by atoms with E-state index in [2.05, 4.69) is 31.2 Å². The van der Waals surface area contributed by atoms with Crippen molar-refractivity contribution in [2.45, 2.75) is 19.4 Å². The van der Waals surface area contributed by atoms with E-state index in [1.165, 1.54) is 5.56 Å². The van der Waals surface area contributed by atoms with Gasteiger partial charge >= 0.3 is 0 Å². The molecule has 2 N–H and O–H groups in total. The van der Waals surface area contributed by atoms with Gasteiger partial charge in [0.05, 0.1) is 5.54 Å². The lowest BCUT2D eigenvalue weighted by Crippen LogP contribution is -2.34. The fraction of sp³-hybridized carbons (Fsp3) is 0.294. The molecule has 0 amide bonds. The number of ether oxygens (including phenoxy) is 2. The van der Waals surface area contributed by atoms with Crippen molar-refractivity contribution < 1.29 is 9.47 Å². The molecule has 1 unspecified atom stereocenters. The summed E-state index contributed by atoms with van der Waals surface area (Å²) in [6.45, 7) is 5.28. The molecule has 0 saturated carbocycles. The molecule has 1 atom stereocenters. The zero-order valence-corrected chi connectivity index (χ0v) is 11.8. The highest BCUT2D eigenvalue weighted by Crippen LogP contribution is 2.35. The van der Waals surface area contributed by atoms with E-state index in [4.69, 9.17) is 15.2 Å². The Kier molecular flexibility index (Phi) is 3.14. The van der Waals surface area contributed by atoms with Crippen molar-refractivity contribution in [1.82, 2.24) is 0 Å². The normalized spacial score (nSPS) is 16.6. The molecule has 104 valence electrons. The molecule has 0 radical (unpaired) electrons. The second-order valence-corrected chi connectivity index (χ2v) is 5.43. The van der Waals surface area contributed by atoms with E-state index in [1.54, 1.807) is 0 Å². The minimum atomic E-state index is -0.552. The third kappa shape index (κ3) is 2.25. The quantitative estimate of drug-likeness (QED) is 0.911. The Balaban J connectivity index is 2.00. The van der Waals surface area contributed by atoms with Crippen molar-refractivity contribution in [3.05, 3.63) is 59.2 Å². The smallest absolute Gasteiger partial charge is 0.161 e. The van der Waals surface area contributed by atoms with Crippen molar-refractivity contribution in [3.63, 3.8) is 0 Å². The van der Waals surface area contributed by atoms with Crippen LogP contribution >= 0.6 is 0 Å². The van der Waals surface area contributed by atoms with Gasteiger partial charge in [0.2, 0.25) is 0 Å². The fourth-order valence-electron chi connectivity index (χ4n) is 2.43. The summed E-state index contributed by atoms with van der Waals surface area (Å²) in [4.78, 5) is 0. The van der Waals surface area contributed by atoms with Gasteiger partial charge in [0.25, 0.3) is 0 Å².